The van der Waals surface area contributed by atoms with Crippen LogP contribution in [0.2, 0.25) is 0 Å². The minimum absolute atomic E-state index is 0.763. The molecule has 0 amide bonds. The SMILES string of the molecule is CCO[PH](=S)SC. The Labute approximate surface area is 54.1 Å². The highest BCUT2D eigenvalue weighted by Crippen LogP contribution is 2.35. The van der Waals surface area contributed by atoms with E-state index in [2.05, 4.69) is 0 Å². The zero-order valence-corrected chi connectivity index (χ0v) is 7.06. The predicted octanol–water partition coefficient (Wildman–Crippen LogP) is 1.89. The molecule has 0 N–H and O–H groups in total. The van der Waals surface area contributed by atoms with Crippen molar-refractivity contribution in [2.45, 2.75) is 6.92 Å². The molecular formula is C3H9OPS2. The second kappa shape index (κ2) is 5.10. The molecule has 44 valence electrons. The van der Waals surface area contributed by atoms with E-state index in [1.807, 2.05) is 13.2 Å². The van der Waals surface area contributed by atoms with Crippen LogP contribution in [-0.4, -0.2) is 12.9 Å². The summed E-state index contributed by atoms with van der Waals surface area (Å²) in [7, 11) is 0. The van der Waals surface area contributed by atoms with E-state index >= 15 is 0 Å². The third-order valence-electron chi connectivity index (χ3n) is 0.429. The molecule has 4 heteroatoms. The van der Waals surface area contributed by atoms with Crippen LogP contribution in [0, 0.1) is 0 Å². The largest absolute Gasteiger partial charge is 0.344 e. The van der Waals surface area contributed by atoms with E-state index in [0.29, 0.717) is 0 Å². The molecule has 0 aliphatic heterocycles. The Balaban J connectivity index is 3.00. The van der Waals surface area contributed by atoms with Crippen LogP contribution in [-0.2, 0) is 16.3 Å². The summed E-state index contributed by atoms with van der Waals surface area (Å²) in [6.45, 7) is 2.73. The lowest BCUT2D eigenvalue weighted by Crippen LogP contribution is -1.70. The van der Waals surface area contributed by atoms with Crippen LogP contribution in [0.15, 0.2) is 0 Å². The first-order chi connectivity index (χ1) is 3.31. The van der Waals surface area contributed by atoms with Crippen LogP contribution >= 0.6 is 17.5 Å². The van der Waals surface area contributed by atoms with Crippen molar-refractivity contribution in [3.05, 3.63) is 0 Å². The molecule has 0 rings (SSSR count). The molecule has 0 saturated carbocycles. The fourth-order valence-corrected chi connectivity index (χ4v) is 1.59. The number of hydrogen-bond donors (Lipinski definition) is 0. The van der Waals surface area contributed by atoms with E-state index in [9.17, 15) is 0 Å². The van der Waals surface area contributed by atoms with Gasteiger partial charge in [0.15, 0.2) is 0 Å². The second-order valence-corrected chi connectivity index (χ2v) is 6.31. The maximum atomic E-state index is 5.07. The van der Waals surface area contributed by atoms with Gasteiger partial charge in [0.25, 0.3) is 0 Å². The molecule has 0 aliphatic carbocycles. The van der Waals surface area contributed by atoms with Gasteiger partial charge < -0.3 is 4.52 Å². The maximum Gasteiger partial charge on any atom is 0.107 e. The first kappa shape index (κ1) is 7.96. The predicted molar refractivity (Wildman–Crippen MR) is 40.8 cm³/mol. The average Bonchev–Trinajstić information content (AvgIpc) is 1.68. The van der Waals surface area contributed by atoms with Crippen LogP contribution < -0.4 is 0 Å². The molecular weight excluding hydrogens is 147 g/mol. The van der Waals surface area contributed by atoms with Crippen molar-refractivity contribution >= 4 is 29.3 Å². The van der Waals surface area contributed by atoms with Crippen molar-refractivity contribution in [3.8, 4) is 0 Å². The highest BCUT2D eigenvalue weighted by molar-refractivity contribution is 8.62. The third-order valence-corrected chi connectivity index (χ3v) is 4.49. The topological polar surface area (TPSA) is 9.23 Å². The zero-order chi connectivity index (χ0) is 5.70. The standard InChI is InChI=1S/C3H9OPS2/c1-3-4-5(6)7-2/h5H,3H2,1-2H3. The van der Waals surface area contributed by atoms with Gasteiger partial charge in [0.05, 0.1) is 0 Å². The highest BCUT2D eigenvalue weighted by Gasteiger charge is 1.83. The summed E-state index contributed by atoms with van der Waals surface area (Å²) in [6, 6.07) is 0. The van der Waals surface area contributed by atoms with E-state index in [1.165, 1.54) is 0 Å². The molecule has 7 heavy (non-hydrogen) atoms. The Hall–Kier alpha value is 0.960. The van der Waals surface area contributed by atoms with Gasteiger partial charge in [-0.05, 0) is 13.2 Å². The molecule has 0 aromatic rings. The molecule has 0 radical (unpaired) electrons. The van der Waals surface area contributed by atoms with E-state index in [0.717, 1.165) is 6.61 Å². The first-order valence-electron chi connectivity index (χ1n) is 2.02. The number of hydrogen-bond acceptors (Lipinski definition) is 3. The van der Waals surface area contributed by atoms with Gasteiger partial charge in [-0.3, -0.25) is 0 Å². The van der Waals surface area contributed by atoms with Crippen LogP contribution in [0.3, 0.4) is 0 Å². The Morgan fingerprint density at radius 2 is 2.43 bits per heavy atom. The van der Waals surface area contributed by atoms with E-state index < -0.39 is 6.13 Å². The molecule has 0 fully saturated rings. The Kier molecular flexibility index (Phi) is 5.80. The number of rotatable bonds is 3. The lowest BCUT2D eigenvalue weighted by Gasteiger charge is -1.96. The summed E-state index contributed by atoms with van der Waals surface area (Å²) >= 11 is 6.52. The molecule has 0 aromatic heterocycles. The minimum Gasteiger partial charge on any atom is -0.344 e. The summed E-state index contributed by atoms with van der Waals surface area (Å²) < 4.78 is 5.07. The molecule has 0 spiro atoms. The molecule has 0 saturated heterocycles. The van der Waals surface area contributed by atoms with Crippen LogP contribution in [0.25, 0.3) is 0 Å². The molecule has 1 unspecified atom stereocenters. The fraction of sp³-hybridized carbons (Fsp3) is 1.00. The normalized spacial score (nSPS) is 14.0. The first-order valence-corrected chi connectivity index (χ1v) is 6.51. The van der Waals surface area contributed by atoms with Gasteiger partial charge in [-0.1, -0.05) is 11.8 Å². The van der Waals surface area contributed by atoms with Crippen molar-refractivity contribution in [3.63, 3.8) is 0 Å². The molecule has 1 atom stereocenters. The summed E-state index contributed by atoms with van der Waals surface area (Å²) in [4.78, 5) is 0. The van der Waals surface area contributed by atoms with Crippen molar-refractivity contribution in [1.29, 1.82) is 0 Å². The van der Waals surface area contributed by atoms with Crippen molar-refractivity contribution in [2.75, 3.05) is 12.9 Å². The maximum absolute atomic E-state index is 5.07. The highest BCUT2D eigenvalue weighted by atomic mass is 32.9. The van der Waals surface area contributed by atoms with Crippen molar-refractivity contribution in [2.24, 2.45) is 0 Å². The van der Waals surface area contributed by atoms with E-state index in [1.54, 1.807) is 11.4 Å². The van der Waals surface area contributed by atoms with E-state index in [-0.39, 0.29) is 0 Å². The Bertz CT molecular complexity index is 66.0. The molecule has 1 nitrogen and oxygen atoms in total. The molecule has 0 heterocycles. The second-order valence-electron chi connectivity index (χ2n) is 0.887. The summed E-state index contributed by atoms with van der Waals surface area (Å²) in [5, 5.41) is 0. The van der Waals surface area contributed by atoms with Crippen LogP contribution in [0.1, 0.15) is 6.92 Å². The Morgan fingerprint density at radius 1 is 1.86 bits per heavy atom. The monoisotopic (exact) mass is 156 g/mol. The molecule has 0 bridgehead atoms. The van der Waals surface area contributed by atoms with Gasteiger partial charge in [0.1, 0.15) is 6.13 Å². The zero-order valence-electron chi connectivity index (χ0n) is 4.43. The van der Waals surface area contributed by atoms with Gasteiger partial charge >= 0.3 is 0 Å². The summed E-state index contributed by atoms with van der Waals surface area (Å²) in [5.74, 6) is 0. The van der Waals surface area contributed by atoms with Crippen LogP contribution in [0.5, 0.6) is 0 Å². The van der Waals surface area contributed by atoms with E-state index in [4.69, 9.17) is 16.3 Å². The molecule has 0 aromatic carbocycles. The van der Waals surface area contributed by atoms with Crippen LogP contribution in [0.4, 0.5) is 0 Å². The summed E-state index contributed by atoms with van der Waals surface area (Å²) in [5.41, 5.74) is 0. The lowest BCUT2D eigenvalue weighted by atomic mass is 10.9. The third kappa shape index (κ3) is 4.82. The minimum atomic E-state index is -0.880. The van der Waals surface area contributed by atoms with Crippen molar-refractivity contribution in [1.82, 2.24) is 0 Å². The van der Waals surface area contributed by atoms with Crippen molar-refractivity contribution < 1.29 is 4.52 Å². The smallest absolute Gasteiger partial charge is 0.107 e. The Morgan fingerprint density at radius 3 is 2.57 bits per heavy atom. The molecule has 0 aliphatic rings. The fourth-order valence-electron chi connectivity index (χ4n) is 0.177. The van der Waals surface area contributed by atoms with Gasteiger partial charge in [-0.25, -0.2) is 0 Å². The van der Waals surface area contributed by atoms with Gasteiger partial charge in [0, 0.05) is 6.61 Å². The quantitative estimate of drug-likeness (QED) is 0.577. The van der Waals surface area contributed by atoms with Gasteiger partial charge in [0.2, 0.25) is 0 Å². The summed E-state index contributed by atoms with van der Waals surface area (Å²) in [6.07, 6.45) is 1.10. The lowest BCUT2D eigenvalue weighted by molar-refractivity contribution is 0.396. The van der Waals surface area contributed by atoms with Gasteiger partial charge in [-0.15, -0.1) is 11.4 Å². The van der Waals surface area contributed by atoms with Gasteiger partial charge in [-0.2, -0.15) is 0 Å². The average molecular weight is 156 g/mol.